The number of fused-ring (bicyclic) bond motifs is 1. The van der Waals surface area contributed by atoms with Gasteiger partial charge < -0.3 is 24.8 Å². The Hall–Kier alpha value is -3.20. The van der Waals surface area contributed by atoms with Crippen LogP contribution in [0.4, 0.5) is 5.69 Å². The van der Waals surface area contributed by atoms with Crippen molar-refractivity contribution in [2.24, 2.45) is 11.3 Å². The smallest absolute Gasteiger partial charge is 0.358 e. The van der Waals surface area contributed by atoms with Crippen LogP contribution in [0.3, 0.4) is 0 Å². The second kappa shape index (κ2) is 8.50. The number of nitrogens with zero attached hydrogens (tertiary/aromatic N) is 1. The highest BCUT2D eigenvalue weighted by Gasteiger charge is 2.57. The van der Waals surface area contributed by atoms with Gasteiger partial charge in [0.15, 0.2) is 0 Å². The van der Waals surface area contributed by atoms with Crippen molar-refractivity contribution in [3.8, 4) is 0 Å². The lowest BCUT2D eigenvalue weighted by Gasteiger charge is -2.44. The summed E-state index contributed by atoms with van der Waals surface area (Å²) in [5, 5.41) is 12.5. The number of carbonyl (C=O) groups is 4. The number of esters is 2. The average Bonchev–Trinajstić information content (AvgIpc) is 3.02. The number of aliphatic hydroxyl groups excluding tert-OH is 1. The minimum atomic E-state index is -0.850. The van der Waals surface area contributed by atoms with Crippen molar-refractivity contribution in [2.75, 3.05) is 12.1 Å². The molecule has 1 saturated heterocycles. The predicted octanol–water partition coefficient (Wildman–Crippen LogP) is 1.67. The van der Waals surface area contributed by atoms with Crippen LogP contribution in [0.25, 0.3) is 5.57 Å². The number of anilines is 1. The van der Waals surface area contributed by atoms with Gasteiger partial charge in [-0.05, 0) is 57.4 Å². The van der Waals surface area contributed by atoms with Gasteiger partial charge in [0, 0.05) is 5.69 Å². The van der Waals surface area contributed by atoms with Crippen molar-refractivity contribution < 1.29 is 33.8 Å². The fraction of sp³-hybridized carbons (Fsp3) is 0.455. The van der Waals surface area contributed by atoms with E-state index in [0.717, 1.165) is 0 Å². The summed E-state index contributed by atoms with van der Waals surface area (Å²) >= 11 is 0. The molecule has 9 heteroatoms. The van der Waals surface area contributed by atoms with Crippen molar-refractivity contribution in [1.82, 2.24) is 4.90 Å². The largest absolute Gasteiger partial charge is 0.427 e. The molecule has 31 heavy (non-hydrogen) atoms. The van der Waals surface area contributed by atoms with Gasteiger partial charge in [-0.25, -0.2) is 4.79 Å². The Bertz CT molecular complexity index is 928. The number of amides is 2. The molecule has 9 nitrogen and oxygen atoms in total. The van der Waals surface area contributed by atoms with Gasteiger partial charge in [-0.2, -0.15) is 0 Å². The van der Waals surface area contributed by atoms with Crippen LogP contribution >= 0.6 is 0 Å². The second-order valence-electron chi connectivity index (χ2n) is 8.64. The standard InChI is InChI=1S/C22H26N2O7/c1-12(26)17-16-9-15(13-5-7-14(8-6-13)23-10-25)18(24(16)19(17)27)20(28)30-11-31-21(29)22(2,3)4/h5-8,10,12,16-17,26H,9,11H2,1-4H3,(H,23,25)/t12-,16-,17-/m1/s1. The van der Waals surface area contributed by atoms with E-state index in [1.54, 1.807) is 52.0 Å². The van der Waals surface area contributed by atoms with Crippen LogP contribution in [-0.4, -0.2) is 53.2 Å². The van der Waals surface area contributed by atoms with Gasteiger partial charge in [0.1, 0.15) is 5.70 Å². The number of β-lactam (4-membered cyclic amide) rings is 1. The zero-order chi connectivity index (χ0) is 22.9. The lowest BCUT2D eigenvalue weighted by atomic mass is 9.82. The number of hydrogen-bond donors (Lipinski definition) is 2. The molecule has 166 valence electrons. The molecule has 1 aromatic rings. The van der Waals surface area contributed by atoms with Gasteiger partial charge in [-0.1, -0.05) is 12.1 Å². The van der Waals surface area contributed by atoms with Crippen molar-refractivity contribution in [3.05, 3.63) is 35.5 Å². The summed E-state index contributed by atoms with van der Waals surface area (Å²) in [4.78, 5) is 49.3. The number of nitrogens with one attached hydrogen (secondary N) is 1. The van der Waals surface area contributed by atoms with E-state index in [4.69, 9.17) is 9.47 Å². The topological polar surface area (TPSA) is 122 Å². The van der Waals surface area contributed by atoms with E-state index in [2.05, 4.69) is 5.32 Å². The number of carbonyl (C=O) groups excluding carboxylic acids is 4. The van der Waals surface area contributed by atoms with Gasteiger partial charge in [0.05, 0.1) is 23.5 Å². The lowest BCUT2D eigenvalue weighted by molar-refractivity contribution is -0.175. The minimum absolute atomic E-state index is 0.0785. The maximum atomic E-state index is 12.9. The molecule has 2 aliphatic heterocycles. The average molecular weight is 430 g/mol. The van der Waals surface area contributed by atoms with E-state index in [0.29, 0.717) is 29.7 Å². The predicted molar refractivity (Wildman–Crippen MR) is 110 cm³/mol. The van der Waals surface area contributed by atoms with E-state index in [1.807, 2.05) is 0 Å². The number of benzene rings is 1. The third-order valence-corrected chi connectivity index (χ3v) is 5.37. The first-order valence-electron chi connectivity index (χ1n) is 9.95. The highest BCUT2D eigenvalue weighted by molar-refractivity contribution is 6.06. The Kier molecular flexibility index (Phi) is 6.17. The summed E-state index contributed by atoms with van der Waals surface area (Å²) in [6, 6.07) is 6.45. The Balaban J connectivity index is 1.84. The molecule has 0 unspecified atom stereocenters. The molecule has 2 heterocycles. The van der Waals surface area contributed by atoms with E-state index < -0.39 is 36.2 Å². The van der Waals surface area contributed by atoms with Crippen LogP contribution in [0.2, 0.25) is 0 Å². The normalized spacial score (nSPS) is 21.2. The van der Waals surface area contributed by atoms with Crippen LogP contribution < -0.4 is 5.32 Å². The van der Waals surface area contributed by atoms with Gasteiger partial charge in [-0.15, -0.1) is 0 Å². The van der Waals surface area contributed by atoms with Gasteiger partial charge in [0.2, 0.25) is 19.1 Å². The summed E-state index contributed by atoms with van der Waals surface area (Å²) in [5.41, 5.74) is 1.18. The van der Waals surface area contributed by atoms with Crippen molar-refractivity contribution >= 4 is 35.5 Å². The molecule has 1 aromatic carbocycles. The molecule has 1 fully saturated rings. The molecule has 2 N–H and O–H groups in total. The van der Waals surface area contributed by atoms with Gasteiger partial charge in [-0.3, -0.25) is 14.4 Å². The highest BCUT2D eigenvalue weighted by Crippen LogP contribution is 2.47. The van der Waals surface area contributed by atoms with E-state index >= 15 is 0 Å². The maximum absolute atomic E-state index is 12.9. The quantitative estimate of drug-likeness (QED) is 0.292. The highest BCUT2D eigenvalue weighted by atomic mass is 16.7. The molecule has 2 aliphatic rings. The monoisotopic (exact) mass is 430 g/mol. The summed E-state index contributed by atoms with van der Waals surface area (Å²) in [5.74, 6) is -2.26. The third kappa shape index (κ3) is 4.32. The molecule has 0 aromatic heterocycles. The Morgan fingerprint density at radius 2 is 1.90 bits per heavy atom. The van der Waals surface area contributed by atoms with Gasteiger partial charge >= 0.3 is 11.9 Å². The Labute approximate surface area is 180 Å². The van der Waals surface area contributed by atoms with E-state index in [-0.39, 0.29) is 17.6 Å². The molecule has 3 rings (SSSR count). The number of ether oxygens (including phenoxy) is 2. The first-order chi connectivity index (χ1) is 14.6. The summed E-state index contributed by atoms with van der Waals surface area (Å²) in [6.45, 7) is 6.01. The number of rotatable bonds is 7. The number of aliphatic hydroxyl groups is 1. The molecule has 0 spiro atoms. The van der Waals surface area contributed by atoms with E-state index in [9.17, 15) is 24.3 Å². The molecular weight excluding hydrogens is 404 g/mol. The molecule has 0 saturated carbocycles. The van der Waals surface area contributed by atoms with Crippen LogP contribution in [0.1, 0.15) is 39.7 Å². The molecule has 0 bridgehead atoms. The third-order valence-electron chi connectivity index (χ3n) is 5.37. The summed E-state index contributed by atoms with van der Waals surface area (Å²) < 4.78 is 10.1. The van der Waals surface area contributed by atoms with Crippen LogP contribution in [-0.2, 0) is 28.7 Å². The van der Waals surface area contributed by atoms with Crippen LogP contribution in [0.15, 0.2) is 30.0 Å². The summed E-state index contributed by atoms with van der Waals surface area (Å²) in [6.07, 6.45) is 0.0782. The van der Waals surface area contributed by atoms with Gasteiger partial charge in [0.25, 0.3) is 0 Å². The lowest BCUT2D eigenvalue weighted by Crippen LogP contribution is -2.61. The van der Waals surface area contributed by atoms with Crippen molar-refractivity contribution in [1.29, 1.82) is 0 Å². The molecule has 0 radical (unpaired) electrons. The fourth-order valence-corrected chi connectivity index (χ4v) is 3.77. The molecule has 3 atom stereocenters. The molecular formula is C22H26N2O7. The van der Waals surface area contributed by atoms with Crippen molar-refractivity contribution in [3.63, 3.8) is 0 Å². The number of hydrogen-bond acceptors (Lipinski definition) is 7. The first kappa shape index (κ1) is 22.5. The Morgan fingerprint density at radius 3 is 2.45 bits per heavy atom. The second-order valence-corrected chi connectivity index (χ2v) is 8.64. The van der Waals surface area contributed by atoms with Crippen molar-refractivity contribution in [2.45, 2.75) is 46.3 Å². The molecule has 2 amide bonds. The van der Waals surface area contributed by atoms with Crippen LogP contribution in [0.5, 0.6) is 0 Å². The fourth-order valence-electron chi connectivity index (χ4n) is 3.77. The zero-order valence-electron chi connectivity index (χ0n) is 17.9. The maximum Gasteiger partial charge on any atom is 0.358 e. The Morgan fingerprint density at radius 1 is 1.26 bits per heavy atom. The van der Waals surface area contributed by atoms with E-state index in [1.165, 1.54) is 4.90 Å². The van der Waals surface area contributed by atoms with Crippen LogP contribution in [0, 0.1) is 11.3 Å². The zero-order valence-corrected chi connectivity index (χ0v) is 17.9. The minimum Gasteiger partial charge on any atom is -0.427 e. The SMILES string of the molecule is C[C@@H](O)[C@H]1C(=O)N2C(C(=O)OCOC(=O)C(C)(C)C)=C(c3ccc(NC=O)cc3)C[C@H]12. The molecule has 0 aliphatic carbocycles. The summed E-state index contributed by atoms with van der Waals surface area (Å²) in [7, 11) is 0. The first-order valence-corrected chi connectivity index (χ1v) is 9.95.